The predicted molar refractivity (Wildman–Crippen MR) is 45.3 cm³/mol. The average Bonchev–Trinajstić information content (AvgIpc) is 1.91. The van der Waals surface area contributed by atoms with E-state index in [1.54, 1.807) is 0 Å². The maximum Gasteiger partial charge on any atom is 0.147 e. The monoisotopic (exact) mass is 185 g/mol. The van der Waals surface area contributed by atoms with Gasteiger partial charge in [-0.2, -0.15) is 0 Å². The van der Waals surface area contributed by atoms with E-state index in [2.05, 4.69) is 14.2 Å². The van der Waals surface area contributed by atoms with Crippen LogP contribution in [-0.2, 0) is 4.52 Å². The molecule has 0 saturated heterocycles. The summed E-state index contributed by atoms with van der Waals surface area (Å²) in [7, 11) is 0.206. The summed E-state index contributed by atoms with van der Waals surface area (Å²) in [6.07, 6.45) is 0. The highest BCUT2D eigenvalue weighted by Gasteiger charge is 1.98. The molecule has 0 spiro atoms. The average molecular weight is 185 g/mol. The number of rotatable bonds is 2. The molecule has 1 aliphatic heterocycles. The van der Waals surface area contributed by atoms with Gasteiger partial charge in [0.2, 0.25) is 0 Å². The fourth-order valence-electron chi connectivity index (χ4n) is 0.424. The third-order valence-electron chi connectivity index (χ3n) is 0.726. The Hall–Kier alpha value is 0.970. The van der Waals surface area contributed by atoms with Crippen molar-refractivity contribution in [2.45, 2.75) is 6.92 Å². The van der Waals surface area contributed by atoms with Gasteiger partial charge in [0.1, 0.15) is 8.09 Å². The Morgan fingerprint density at radius 1 is 1.78 bits per heavy atom. The van der Waals surface area contributed by atoms with Crippen LogP contribution in [0.3, 0.4) is 0 Å². The number of nitrogens with zero attached hydrogens (tertiary/aromatic N) is 1. The molecule has 0 aromatic heterocycles. The molecule has 1 heterocycles. The van der Waals surface area contributed by atoms with Crippen LogP contribution < -0.4 is 9.72 Å². The maximum atomic E-state index is 5.28. The summed E-state index contributed by atoms with van der Waals surface area (Å²) in [5, 5.41) is 0. The first-order valence-corrected chi connectivity index (χ1v) is 5.95. The topological polar surface area (TPSA) is 45.6 Å². The van der Waals surface area contributed by atoms with Crippen LogP contribution >= 0.6 is 25.9 Å². The molecular formula is C2H10N3OP3. The third kappa shape index (κ3) is 3.04. The molecule has 2 N–H and O–H groups in total. The molecule has 9 heavy (non-hydrogen) atoms. The molecule has 3 unspecified atom stereocenters. The molecule has 1 aliphatic rings. The predicted octanol–water partition coefficient (Wildman–Crippen LogP) is 1.46. The highest BCUT2D eigenvalue weighted by Crippen LogP contribution is 2.38. The van der Waals surface area contributed by atoms with Crippen molar-refractivity contribution in [3.63, 3.8) is 0 Å². The minimum atomic E-state index is -0.962. The fourth-order valence-corrected chi connectivity index (χ4v) is 4.57. The number of hydrogen-bond acceptors (Lipinski definition) is 4. The van der Waals surface area contributed by atoms with Gasteiger partial charge in [0.25, 0.3) is 0 Å². The second kappa shape index (κ2) is 4.73. The van der Waals surface area contributed by atoms with Crippen molar-refractivity contribution >= 4 is 25.9 Å². The number of nitrogens with one attached hydrogen (secondary N) is 2. The van der Waals surface area contributed by atoms with Gasteiger partial charge in [-0.15, -0.1) is 0 Å². The molecule has 0 aromatic rings. The van der Waals surface area contributed by atoms with E-state index in [4.69, 9.17) is 4.52 Å². The molecule has 54 valence electrons. The molecule has 0 amide bonds. The number of hydrogen-bond donors (Lipinski definition) is 2. The first-order valence-electron chi connectivity index (χ1n) is 2.65. The summed E-state index contributed by atoms with van der Waals surface area (Å²) in [5.74, 6) is 0. The molecule has 0 fully saturated rings. The normalized spacial score (nSPS) is 32.8. The van der Waals surface area contributed by atoms with Gasteiger partial charge in [-0.1, -0.05) is 0 Å². The van der Waals surface area contributed by atoms with Gasteiger partial charge in [0.15, 0.2) is 0 Å². The molecule has 0 aromatic carbocycles. The standard InChI is InChI=1S/C2H10N3OP3/c1-2-6-9-4-7-3-8-5-9/h3,7-9H,2H2,1H3,(H,4,5). The van der Waals surface area contributed by atoms with Crippen molar-refractivity contribution in [1.29, 1.82) is 0 Å². The van der Waals surface area contributed by atoms with E-state index < -0.39 is 8.09 Å². The quantitative estimate of drug-likeness (QED) is 0.640. The second-order valence-corrected chi connectivity index (χ2v) is 5.60. The van der Waals surface area contributed by atoms with E-state index >= 15 is 0 Å². The Morgan fingerprint density at radius 3 is 3.22 bits per heavy atom. The molecule has 0 saturated carbocycles. The lowest BCUT2D eigenvalue weighted by Gasteiger charge is -2.13. The maximum absolute atomic E-state index is 5.28. The second-order valence-electron chi connectivity index (χ2n) is 1.34. The lowest BCUT2D eigenvalue weighted by atomic mass is 10.9. The van der Waals surface area contributed by atoms with Crippen LogP contribution in [0.1, 0.15) is 6.92 Å². The minimum absolute atomic E-state index is 0.537. The zero-order valence-corrected chi connectivity index (χ0v) is 8.06. The van der Waals surface area contributed by atoms with Crippen molar-refractivity contribution in [2.24, 2.45) is 4.52 Å². The zero-order chi connectivity index (χ0) is 6.53. The minimum Gasteiger partial charge on any atom is -0.335 e. The van der Waals surface area contributed by atoms with Crippen LogP contribution in [0.15, 0.2) is 4.52 Å². The fraction of sp³-hybridized carbons (Fsp3) is 1.00. The SMILES string of the molecule is CCO[PH]1=NPNPN1. The molecular weight excluding hydrogens is 175 g/mol. The van der Waals surface area contributed by atoms with E-state index in [-0.39, 0.29) is 0 Å². The van der Waals surface area contributed by atoms with Gasteiger partial charge >= 0.3 is 0 Å². The van der Waals surface area contributed by atoms with Crippen LogP contribution in [0.4, 0.5) is 0 Å². The molecule has 0 radical (unpaired) electrons. The van der Waals surface area contributed by atoms with Crippen molar-refractivity contribution in [1.82, 2.24) is 9.72 Å². The van der Waals surface area contributed by atoms with Crippen molar-refractivity contribution in [3.8, 4) is 0 Å². The summed E-state index contributed by atoms with van der Waals surface area (Å²) < 4.78 is 9.49. The summed E-state index contributed by atoms with van der Waals surface area (Å²) in [4.78, 5) is 6.25. The van der Waals surface area contributed by atoms with Gasteiger partial charge < -0.3 is 4.52 Å². The molecule has 4 nitrogen and oxygen atoms in total. The largest absolute Gasteiger partial charge is 0.335 e. The van der Waals surface area contributed by atoms with Crippen LogP contribution in [0.25, 0.3) is 0 Å². The first-order chi connectivity index (χ1) is 4.43. The van der Waals surface area contributed by atoms with Crippen LogP contribution in [-0.4, -0.2) is 6.61 Å². The van der Waals surface area contributed by atoms with E-state index in [9.17, 15) is 0 Å². The van der Waals surface area contributed by atoms with Crippen LogP contribution in [0, 0.1) is 0 Å². The highest BCUT2D eigenvalue weighted by molar-refractivity contribution is 7.65. The Kier molecular flexibility index (Phi) is 4.25. The molecule has 1 rings (SSSR count). The van der Waals surface area contributed by atoms with Crippen LogP contribution in [0.2, 0.25) is 0 Å². The lowest BCUT2D eigenvalue weighted by molar-refractivity contribution is 0.382. The highest BCUT2D eigenvalue weighted by atomic mass is 31.2. The van der Waals surface area contributed by atoms with Crippen molar-refractivity contribution in [2.75, 3.05) is 6.61 Å². The Balaban J connectivity index is 2.28. The Bertz CT molecular complexity index is 118. The van der Waals surface area contributed by atoms with Crippen LogP contribution in [0.5, 0.6) is 0 Å². The van der Waals surface area contributed by atoms with E-state index in [1.807, 2.05) is 6.92 Å². The molecule has 3 atom stereocenters. The first kappa shape index (κ1) is 8.07. The zero-order valence-electron chi connectivity index (χ0n) is 5.06. The van der Waals surface area contributed by atoms with Gasteiger partial charge in [0, 0.05) is 8.88 Å². The van der Waals surface area contributed by atoms with Gasteiger partial charge in [-0.25, -0.2) is 14.2 Å². The summed E-state index contributed by atoms with van der Waals surface area (Å²) in [6, 6.07) is 0. The van der Waals surface area contributed by atoms with E-state index in [0.717, 1.165) is 6.61 Å². The van der Waals surface area contributed by atoms with Crippen molar-refractivity contribution < 1.29 is 4.52 Å². The molecule has 0 aliphatic carbocycles. The van der Waals surface area contributed by atoms with E-state index in [1.165, 1.54) is 0 Å². The smallest absolute Gasteiger partial charge is 0.147 e. The van der Waals surface area contributed by atoms with Crippen molar-refractivity contribution in [3.05, 3.63) is 0 Å². The molecule has 0 bridgehead atoms. The van der Waals surface area contributed by atoms with Gasteiger partial charge in [-0.3, -0.25) is 0 Å². The summed E-state index contributed by atoms with van der Waals surface area (Å²) >= 11 is 0. The third-order valence-corrected chi connectivity index (χ3v) is 4.85. The van der Waals surface area contributed by atoms with E-state index in [0.29, 0.717) is 17.8 Å². The molecule has 7 heteroatoms. The Morgan fingerprint density at radius 2 is 2.67 bits per heavy atom. The summed E-state index contributed by atoms with van der Waals surface area (Å²) in [5.41, 5.74) is 0. The summed E-state index contributed by atoms with van der Waals surface area (Å²) in [6.45, 7) is 2.75. The van der Waals surface area contributed by atoms with Gasteiger partial charge in [-0.05, 0) is 6.92 Å². The lowest BCUT2D eigenvalue weighted by Crippen LogP contribution is -2.00. The Labute approximate surface area is 58.9 Å². The van der Waals surface area contributed by atoms with Gasteiger partial charge in [0.05, 0.1) is 15.5 Å².